The van der Waals surface area contributed by atoms with E-state index in [-0.39, 0.29) is 0 Å². The lowest BCUT2D eigenvalue weighted by Gasteiger charge is -1.89. The fourth-order valence-corrected chi connectivity index (χ4v) is 0. The Bertz CT molecular complexity index is 62.6. The highest BCUT2D eigenvalue weighted by atomic mass is 32.1. The zero-order valence-corrected chi connectivity index (χ0v) is 3.85. The van der Waals surface area contributed by atoms with E-state index in [4.69, 9.17) is 10.8 Å². The van der Waals surface area contributed by atoms with Crippen LogP contribution in [-0.2, 0) is 4.79 Å². The predicted molar refractivity (Wildman–Crippen MR) is 24.6 cm³/mol. The minimum Gasteiger partial charge on any atom is -0.479 e. The molecule has 36 valence electrons. The molecule has 0 aliphatic rings. The number of aliphatic carboxylic acids is 1. The van der Waals surface area contributed by atoms with Crippen molar-refractivity contribution in [2.75, 3.05) is 0 Å². The van der Waals surface area contributed by atoms with Crippen LogP contribution in [0.1, 0.15) is 0 Å². The molecule has 0 radical (unpaired) electrons. The molecule has 0 aromatic rings. The van der Waals surface area contributed by atoms with Crippen molar-refractivity contribution >= 4 is 18.6 Å². The largest absolute Gasteiger partial charge is 0.479 e. The Hall–Kier alpha value is -0.220. The van der Waals surface area contributed by atoms with Gasteiger partial charge in [-0.05, 0) is 0 Å². The van der Waals surface area contributed by atoms with E-state index >= 15 is 0 Å². The number of nitrogens with two attached hydrogens (primary N) is 1. The topological polar surface area (TPSA) is 63.3 Å². The van der Waals surface area contributed by atoms with Crippen molar-refractivity contribution in [3.8, 4) is 0 Å². The number of thiol groups is 1. The van der Waals surface area contributed by atoms with E-state index in [1.54, 1.807) is 0 Å². The van der Waals surface area contributed by atoms with E-state index in [0.29, 0.717) is 0 Å². The lowest BCUT2D eigenvalue weighted by molar-refractivity contribution is -0.136. The molecule has 3 nitrogen and oxygen atoms in total. The van der Waals surface area contributed by atoms with Crippen LogP contribution in [0.2, 0.25) is 0 Å². The predicted octanol–water partition coefficient (Wildman–Crippen LogP) is -0.714. The normalized spacial score (nSPS) is 13.7. The van der Waals surface area contributed by atoms with Gasteiger partial charge in [0.05, 0.1) is 0 Å². The summed E-state index contributed by atoms with van der Waals surface area (Å²) in [6.45, 7) is 0. The van der Waals surface area contributed by atoms with Crippen LogP contribution in [0.5, 0.6) is 0 Å². The summed E-state index contributed by atoms with van der Waals surface area (Å²) in [5.41, 5.74) is 4.70. The minimum atomic E-state index is -1.10. The van der Waals surface area contributed by atoms with Gasteiger partial charge < -0.3 is 10.8 Å². The second-order valence-electron chi connectivity index (χ2n) is 0.783. The second kappa shape index (κ2) is 2.04. The molecule has 0 saturated carbocycles. The van der Waals surface area contributed by atoms with E-state index in [0.717, 1.165) is 0 Å². The fourth-order valence-electron chi connectivity index (χ4n) is 0. The van der Waals surface area contributed by atoms with E-state index in [1.807, 2.05) is 0 Å². The van der Waals surface area contributed by atoms with Gasteiger partial charge in [-0.25, -0.2) is 4.79 Å². The van der Waals surface area contributed by atoms with Gasteiger partial charge in [0, 0.05) is 0 Å². The summed E-state index contributed by atoms with van der Waals surface area (Å²) in [5.74, 6) is -1.10. The molecule has 4 heteroatoms. The van der Waals surface area contributed by atoms with Crippen LogP contribution >= 0.6 is 12.6 Å². The zero-order valence-electron chi connectivity index (χ0n) is 2.96. The summed E-state index contributed by atoms with van der Waals surface area (Å²) in [6.07, 6.45) is 0. The summed E-state index contributed by atoms with van der Waals surface area (Å²) in [4.78, 5) is 9.50. The molecule has 6 heavy (non-hydrogen) atoms. The van der Waals surface area contributed by atoms with Crippen LogP contribution in [-0.4, -0.2) is 16.4 Å². The molecule has 0 aromatic heterocycles. The lowest BCUT2D eigenvalue weighted by Crippen LogP contribution is -2.22. The van der Waals surface area contributed by atoms with E-state index < -0.39 is 11.3 Å². The Kier molecular flexibility index (Phi) is 1.97. The minimum absolute atomic E-state index is 1.04. The van der Waals surface area contributed by atoms with Crippen LogP contribution < -0.4 is 5.73 Å². The molecule has 0 aromatic carbocycles. The van der Waals surface area contributed by atoms with Crippen molar-refractivity contribution in [1.29, 1.82) is 0 Å². The maximum Gasteiger partial charge on any atom is 0.330 e. The van der Waals surface area contributed by atoms with Gasteiger partial charge in [-0.15, -0.1) is 12.6 Å². The zero-order chi connectivity index (χ0) is 5.15. The molecule has 0 spiro atoms. The highest BCUT2D eigenvalue weighted by Crippen LogP contribution is 1.79. The number of carboxylic acids is 1. The highest BCUT2D eigenvalue weighted by Gasteiger charge is 2.00. The summed E-state index contributed by atoms with van der Waals surface area (Å²) >= 11 is 3.37. The summed E-state index contributed by atoms with van der Waals surface area (Å²) < 4.78 is 0. The van der Waals surface area contributed by atoms with Crippen molar-refractivity contribution in [1.82, 2.24) is 0 Å². The van der Waals surface area contributed by atoms with Crippen molar-refractivity contribution in [3.63, 3.8) is 0 Å². The van der Waals surface area contributed by atoms with Crippen molar-refractivity contribution in [2.24, 2.45) is 5.73 Å². The van der Waals surface area contributed by atoms with Gasteiger partial charge in [0.1, 0.15) is 5.37 Å². The van der Waals surface area contributed by atoms with Gasteiger partial charge in [-0.2, -0.15) is 0 Å². The first-order chi connectivity index (χ1) is 2.64. The third-order valence-electron chi connectivity index (χ3n) is 0.253. The molecular formula is C2H5NO2S. The monoisotopic (exact) mass is 107 g/mol. The van der Waals surface area contributed by atoms with Gasteiger partial charge in [0.25, 0.3) is 0 Å². The molecule has 0 heterocycles. The molecule has 0 aliphatic heterocycles. The fraction of sp³-hybridized carbons (Fsp3) is 0.500. The Morgan fingerprint density at radius 3 is 2.17 bits per heavy atom. The van der Waals surface area contributed by atoms with Crippen LogP contribution in [0.25, 0.3) is 0 Å². The Morgan fingerprint density at radius 2 is 2.17 bits per heavy atom. The maximum absolute atomic E-state index is 9.50. The van der Waals surface area contributed by atoms with Crippen LogP contribution in [0.3, 0.4) is 0 Å². The summed E-state index contributed by atoms with van der Waals surface area (Å²) in [6, 6.07) is 0. The van der Waals surface area contributed by atoms with Crippen LogP contribution in [0.15, 0.2) is 0 Å². The molecule has 0 amide bonds. The molecule has 3 N–H and O–H groups in total. The van der Waals surface area contributed by atoms with Gasteiger partial charge in [0.15, 0.2) is 0 Å². The molecule has 0 fully saturated rings. The van der Waals surface area contributed by atoms with Gasteiger partial charge in [-0.1, -0.05) is 0 Å². The molecular weight excluding hydrogens is 102 g/mol. The first-order valence-electron chi connectivity index (χ1n) is 1.31. The van der Waals surface area contributed by atoms with E-state index in [2.05, 4.69) is 12.6 Å². The molecule has 0 rings (SSSR count). The van der Waals surface area contributed by atoms with Gasteiger partial charge in [-0.3, -0.25) is 0 Å². The Morgan fingerprint density at radius 1 is 2.00 bits per heavy atom. The third kappa shape index (κ3) is 2.04. The molecule has 0 saturated heterocycles. The molecule has 0 bridgehead atoms. The average Bonchev–Trinajstić information content (AvgIpc) is 1.36. The van der Waals surface area contributed by atoms with Gasteiger partial charge in [0.2, 0.25) is 0 Å². The van der Waals surface area contributed by atoms with Crippen LogP contribution in [0.4, 0.5) is 0 Å². The molecule has 1 unspecified atom stereocenters. The smallest absolute Gasteiger partial charge is 0.330 e. The number of hydrogen-bond acceptors (Lipinski definition) is 3. The van der Waals surface area contributed by atoms with E-state index in [1.165, 1.54) is 0 Å². The second-order valence-corrected chi connectivity index (χ2v) is 1.34. The quantitative estimate of drug-likeness (QED) is 0.306. The molecule has 1 atom stereocenters. The average molecular weight is 107 g/mol. The maximum atomic E-state index is 9.50. The first-order valence-corrected chi connectivity index (χ1v) is 1.82. The van der Waals surface area contributed by atoms with Crippen molar-refractivity contribution in [2.45, 2.75) is 5.37 Å². The highest BCUT2D eigenvalue weighted by molar-refractivity contribution is 7.81. The van der Waals surface area contributed by atoms with Crippen LogP contribution in [0, 0.1) is 0 Å². The van der Waals surface area contributed by atoms with E-state index in [9.17, 15) is 4.79 Å². The van der Waals surface area contributed by atoms with Gasteiger partial charge >= 0.3 is 5.97 Å². The third-order valence-corrected chi connectivity index (χ3v) is 0.474. The van der Waals surface area contributed by atoms with Crippen molar-refractivity contribution in [3.05, 3.63) is 0 Å². The Labute approximate surface area is 40.6 Å². The number of hydrogen-bond donors (Lipinski definition) is 3. The number of rotatable bonds is 1. The standard InChI is InChI=1S/C2H5NO2S/c3-1(6)2(4)5/h1,6H,3H2,(H,4,5). The summed E-state index contributed by atoms with van der Waals surface area (Å²) in [5, 5.41) is 6.75. The van der Waals surface area contributed by atoms with Crippen molar-refractivity contribution < 1.29 is 9.90 Å². The molecule has 0 aliphatic carbocycles. The first kappa shape index (κ1) is 5.78. The number of carboxylic acid groups (broad SMARTS) is 1. The SMILES string of the molecule is NC(S)C(=O)O. The lowest BCUT2D eigenvalue weighted by atomic mass is 10.7. The Balaban J connectivity index is 3.26. The number of carbonyl (C=O) groups is 1. The summed E-state index contributed by atoms with van der Waals surface area (Å²) in [7, 11) is 0.